The van der Waals surface area contributed by atoms with E-state index in [0.29, 0.717) is 54.7 Å². The minimum Gasteiger partial charge on any atom is -0.489 e. The molecule has 0 radical (unpaired) electrons. The minimum atomic E-state index is -0.596. The Morgan fingerprint density at radius 1 is 1.33 bits per heavy atom. The van der Waals surface area contributed by atoms with Gasteiger partial charge in [-0.2, -0.15) is 0 Å². The number of carbonyl (C=O) groups is 2. The lowest BCUT2D eigenvalue weighted by Gasteiger charge is -2.33. The Hall–Kier alpha value is -2.64. The number of rotatable bonds is 3. The first-order valence-corrected chi connectivity index (χ1v) is 10.1. The summed E-state index contributed by atoms with van der Waals surface area (Å²) < 4.78 is 25.7. The molecule has 2 aromatic carbocycles. The molecule has 30 heavy (non-hydrogen) atoms. The van der Waals surface area contributed by atoms with Gasteiger partial charge in [-0.3, -0.25) is 9.59 Å². The van der Waals surface area contributed by atoms with Gasteiger partial charge in [0.15, 0.2) is 5.75 Å². The number of amides is 2. The Balaban J connectivity index is 1.69. The molecule has 1 fully saturated rings. The van der Waals surface area contributed by atoms with Gasteiger partial charge in [-0.15, -0.1) is 0 Å². The molecule has 4 rings (SSSR count). The van der Waals surface area contributed by atoms with Crippen LogP contribution in [0.4, 0.5) is 4.39 Å². The number of halogens is 2. The van der Waals surface area contributed by atoms with Crippen LogP contribution in [0.2, 0.25) is 5.02 Å². The molecule has 2 aliphatic rings. The van der Waals surface area contributed by atoms with Crippen LogP contribution in [0, 0.1) is 12.7 Å². The van der Waals surface area contributed by atoms with E-state index in [0.717, 1.165) is 11.1 Å². The van der Waals surface area contributed by atoms with E-state index >= 15 is 0 Å². The van der Waals surface area contributed by atoms with Gasteiger partial charge in [-0.1, -0.05) is 17.7 Å². The Kier molecular flexibility index (Phi) is 5.66. The molecular weight excluding hydrogens is 411 g/mol. The minimum absolute atomic E-state index is 0.0140. The van der Waals surface area contributed by atoms with Crippen molar-refractivity contribution < 1.29 is 23.5 Å². The smallest absolute Gasteiger partial charge is 0.258 e. The molecule has 1 N–H and O–H groups in total. The zero-order valence-electron chi connectivity index (χ0n) is 16.8. The number of hydrogen-bond donors (Lipinski definition) is 1. The molecule has 6 nitrogen and oxygen atoms in total. The molecule has 0 unspecified atom stereocenters. The molecule has 1 saturated heterocycles. The fourth-order valence-corrected chi connectivity index (χ4v) is 4.14. The van der Waals surface area contributed by atoms with E-state index in [4.69, 9.17) is 21.1 Å². The lowest BCUT2D eigenvalue weighted by Crippen LogP contribution is -2.50. The van der Waals surface area contributed by atoms with Gasteiger partial charge < -0.3 is 19.7 Å². The fourth-order valence-electron chi connectivity index (χ4n) is 3.86. The summed E-state index contributed by atoms with van der Waals surface area (Å²) in [4.78, 5) is 26.7. The summed E-state index contributed by atoms with van der Waals surface area (Å²) in [6, 6.07) is 6.12. The van der Waals surface area contributed by atoms with Crippen LogP contribution in [0.5, 0.6) is 5.75 Å². The van der Waals surface area contributed by atoms with Crippen LogP contribution in [-0.4, -0.2) is 56.2 Å². The summed E-state index contributed by atoms with van der Waals surface area (Å²) >= 11 is 6.58. The highest BCUT2D eigenvalue weighted by atomic mass is 35.5. The quantitative estimate of drug-likeness (QED) is 0.809. The number of morpholine rings is 1. The van der Waals surface area contributed by atoms with E-state index in [1.807, 2.05) is 6.92 Å². The number of nitrogens with one attached hydrogen (secondary N) is 1. The van der Waals surface area contributed by atoms with Crippen molar-refractivity contribution in [3.63, 3.8) is 0 Å². The summed E-state index contributed by atoms with van der Waals surface area (Å²) in [5.41, 5.74) is 2.64. The first-order valence-electron chi connectivity index (χ1n) is 9.74. The van der Waals surface area contributed by atoms with Gasteiger partial charge in [0.2, 0.25) is 0 Å². The number of ether oxygens (including phenoxy) is 2. The molecule has 0 aromatic heterocycles. The van der Waals surface area contributed by atoms with E-state index in [1.54, 1.807) is 17.0 Å². The standard InChI is InChI=1S/C22H22ClFN2O4/c1-12-14(7-13-3-4-16(18(24)8-13)21(27)25-2)9-17-20(19(12)23)30-11-15-10-29-6-5-26(15)22(17)28/h3-4,8-9,15H,5-7,10-11H2,1-2H3,(H,25,27)/t15-/m1/s1. The maximum Gasteiger partial charge on any atom is 0.258 e. The zero-order valence-corrected chi connectivity index (χ0v) is 17.5. The van der Waals surface area contributed by atoms with Gasteiger partial charge in [0.1, 0.15) is 12.4 Å². The number of fused-ring (bicyclic) bond motifs is 2. The van der Waals surface area contributed by atoms with Gasteiger partial charge in [-0.25, -0.2) is 4.39 Å². The largest absolute Gasteiger partial charge is 0.489 e. The molecule has 0 spiro atoms. The summed E-state index contributed by atoms with van der Waals surface area (Å²) in [6.45, 7) is 3.59. The van der Waals surface area contributed by atoms with Crippen molar-refractivity contribution in [3.05, 3.63) is 62.9 Å². The summed E-state index contributed by atoms with van der Waals surface area (Å²) in [5, 5.41) is 2.80. The van der Waals surface area contributed by atoms with Crippen LogP contribution in [0.15, 0.2) is 24.3 Å². The first kappa shape index (κ1) is 20.6. The molecule has 0 aliphatic carbocycles. The summed E-state index contributed by atoms with van der Waals surface area (Å²) in [7, 11) is 1.45. The van der Waals surface area contributed by atoms with Crippen LogP contribution in [0.3, 0.4) is 0 Å². The zero-order chi connectivity index (χ0) is 21.4. The predicted octanol–water partition coefficient (Wildman–Crippen LogP) is 2.97. The van der Waals surface area contributed by atoms with Crippen LogP contribution >= 0.6 is 11.6 Å². The lowest BCUT2D eigenvalue weighted by molar-refractivity contribution is -0.0109. The predicted molar refractivity (Wildman–Crippen MR) is 110 cm³/mol. The number of benzene rings is 2. The number of nitrogens with zero attached hydrogens (tertiary/aromatic N) is 1. The highest BCUT2D eigenvalue weighted by molar-refractivity contribution is 6.33. The van der Waals surface area contributed by atoms with Crippen molar-refractivity contribution >= 4 is 23.4 Å². The number of hydrogen-bond acceptors (Lipinski definition) is 4. The van der Waals surface area contributed by atoms with Crippen molar-refractivity contribution in [3.8, 4) is 5.75 Å². The van der Waals surface area contributed by atoms with Crippen molar-refractivity contribution in [2.75, 3.05) is 33.4 Å². The van der Waals surface area contributed by atoms with Gasteiger partial charge in [0.05, 0.1) is 35.4 Å². The van der Waals surface area contributed by atoms with Crippen LogP contribution < -0.4 is 10.1 Å². The first-order chi connectivity index (χ1) is 14.4. The lowest BCUT2D eigenvalue weighted by atomic mass is 9.96. The Morgan fingerprint density at radius 3 is 2.87 bits per heavy atom. The molecule has 2 amide bonds. The van der Waals surface area contributed by atoms with Gasteiger partial charge in [0, 0.05) is 13.6 Å². The Morgan fingerprint density at radius 2 is 2.13 bits per heavy atom. The van der Waals surface area contributed by atoms with Gasteiger partial charge >= 0.3 is 0 Å². The molecule has 158 valence electrons. The molecule has 2 aliphatic heterocycles. The van der Waals surface area contributed by atoms with Gasteiger partial charge in [0.25, 0.3) is 11.8 Å². The second-order valence-corrected chi connectivity index (χ2v) is 7.84. The summed E-state index contributed by atoms with van der Waals surface area (Å²) in [6.07, 6.45) is 0.365. The van der Waals surface area contributed by atoms with Crippen LogP contribution in [0.25, 0.3) is 0 Å². The van der Waals surface area contributed by atoms with Crippen LogP contribution in [0.1, 0.15) is 37.4 Å². The van der Waals surface area contributed by atoms with Crippen molar-refractivity contribution in [1.29, 1.82) is 0 Å². The molecular formula is C22H22ClFN2O4. The van der Waals surface area contributed by atoms with Gasteiger partial charge in [-0.05, 0) is 48.2 Å². The normalized spacial score (nSPS) is 18.2. The summed E-state index contributed by atoms with van der Waals surface area (Å²) in [5.74, 6) is -0.828. The topological polar surface area (TPSA) is 67.9 Å². The third-order valence-electron chi connectivity index (χ3n) is 5.61. The Bertz CT molecular complexity index is 1030. The van der Waals surface area contributed by atoms with Crippen molar-refractivity contribution in [2.45, 2.75) is 19.4 Å². The van der Waals surface area contributed by atoms with E-state index in [1.165, 1.54) is 19.2 Å². The number of carbonyl (C=O) groups excluding carboxylic acids is 2. The monoisotopic (exact) mass is 432 g/mol. The average Bonchev–Trinajstić information content (AvgIpc) is 2.88. The maximum atomic E-state index is 14.4. The Labute approximate surface area is 178 Å². The average molecular weight is 433 g/mol. The SMILES string of the molecule is CNC(=O)c1ccc(Cc2cc3c(c(Cl)c2C)OC[C@H]2COCCN2C3=O)cc1F. The second-order valence-electron chi connectivity index (χ2n) is 7.46. The molecule has 8 heteroatoms. The van der Waals surface area contributed by atoms with Crippen molar-refractivity contribution in [2.24, 2.45) is 0 Å². The highest BCUT2D eigenvalue weighted by Crippen LogP contribution is 2.38. The van der Waals surface area contributed by atoms with E-state index in [-0.39, 0.29) is 17.5 Å². The van der Waals surface area contributed by atoms with Crippen molar-refractivity contribution in [1.82, 2.24) is 10.2 Å². The highest BCUT2D eigenvalue weighted by Gasteiger charge is 2.35. The third kappa shape index (κ3) is 3.63. The fraction of sp³-hybridized carbons (Fsp3) is 0.364. The molecule has 0 bridgehead atoms. The third-order valence-corrected chi connectivity index (χ3v) is 6.07. The molecule has 2 aromatic rings. The maximum absolute atomic E-state index is 14.4. The van der Waals surface area contributed by atoms with E-state index in [2.05, 4.69) is 5.32 Å². The molecule has 2 heterocycles. The van der Waals surface area contributed by atoms with E-state index < -0.39 is 11.7 Å². The second kappa shape index (κ2) is 8.24. The van der Waals surface area contributed by atoms with E-state index in [9.17, 15) is 14.0 Å². The van der Waals surface area contributed by atoms with Crippen LogP contribution in [-0.2, 0) is 11.2 Å². The molecule has 0 saturated carbocycles. The molecule has 1 atom stereocenters.